The van der Waals surface area contributed by atoms with Crippen molar-refractivity contribution in [3.8, 4) is 0 Å². The lowest BCUT2D eigenvalue weighted by atomic mass is 9.85. The van der Waals surface area contributed by atoms with Crippen molar-refractivity contribution in [2.45, 2.75) is 41.5 Å². The van der Waals surface area contributed by atoms with Crippen LogP contribution >= 0.6 is 0 Å². The van der Waals surface area contributed by atoms with Crippen LogP contribution in [0.5, 0.6) is 0 Å². The van der Waals surface area contributed by atoms with Crippen molar-refractivity contribution in [2.75, 3.05) is 7.05 Å². The molecule has 1 aromatic carbocycles. The molecule has 0 bridgehead atoms. The second-order valence-corrected chi connectivity index (χ2v) is 9.88. The number of benzene rings is 1. The Bertz CT molecular complexity index is 868. The van der Waals surface area contributed by atoms with Crippen molar-refractivity contribution >= 4 is 17.5 Å². The fraction of sp³-hybridized carbons (Fsp3) is 0.409. The van der Waals surface area contributed by atoms with E-state index in [0.717, 1.165) is 11.5 Å². The van der Waals surface area contributed by atoms with Gasteiger partial charge in [-0.05, 0) is 23.8 Å². The van der Waals surface area contributed by atoms with Crippen LogP contribution in [0.3, 0.4) is 0 Å². The van der Waals surface area contributed by atoms with Crippen LogP contribution in [0.25, 0.3) is 5.57 Å². The number of ether oxygens (including phenoxy) is 1. The molecule has 29 heavy (non-hydrogen) atoms. The lowest BCUT2D eigenvalue weighted by molar-refractivity contribution is -2.00. The molecule has 0 unspecified atom stereocenters. The van der Waals surface area contributed by atoms with E-state index in [4.69, 9.17) is 23.4 Å². The first kappa shape index (κ1) is 23.3. The fourth-order valence-corrected chi connectivity index (χ4v) is 2.97. The van der Waals surface area contributed by atoms with E-state index in [1.54, 1.807) is 0 Å². The molecule has 2 aliphatic rings. The molecule has 0 saturated heterocycles. The van der Waals surface area contributed by atoms with Crippen LogP contribution in [0.2, 0.25) is 0 Å². The van der Waals surface area contributed by atoms with Gasteiger partial charge in [-0.1, -0.05) is 53.7 Å². The number of nitrogens with zero attached hydrogens (tertiary/aromatic N) is 1. The largest absolute Gasteiger partial charge is 0.465 e. The highest BCUT2D eigenvalue weighted by atomic mass is 35.7. The zero-order valence-electron chi connectivity index (χ0n) is 17.9. The van der Waals surface area contributed by atoms with Crippen LogP contribution < -0.4 is 18.6 Å². The summed E-state index contributed by atoms with van der Waals surface area (Å²) in [6, 6.07) is 8.56. The molecule has 3 rings (SSSR count). The number of rotatable bonds is 0. The van der Waals surface area contributed by atoms with Gasteiger partial charge in [0.05, 0.1) is 11.1 Å². The maximum absolute atomic E-state index is 8.49. The van der Waals surface area contributed by atoms with E-state index in [9.17, 15) is 0 Å². The van der Waals surface area contributed by atoms with Crippen LogP contribution in [0, 0.1) is 21.1 Å². The molecule has 2 aliphatic heterocycles. The summed E-state index contributed by atoms with van der Waals surface area (Å²) in [5, 5.41) is 0. The maximum atomic E-state index is 8.49. The number of hydrogen-bond donors (Lipinski definition) is 0. The molecule has 0 amide bonds. The smallest absolute Gasteiger partial charge is 0.213 e. The van der Waals surface area contributed by atoms with Crippen molar-refractivity contribution < 1.29 is 38.2 Å². The Balaban J connectivity index is 0.000000537. The van der Waals surface area contributed by atoms with E-state index in [1.165, 1.54) is 22.4 Å². The third kappa shape index (κ3) is 6.26. The number of halogens is 1. The summed E-state index contributed by atoms with van der Waals surface area (Å²) in [4.78, 5) is 0. The minimum atomic E-state index is -4.94. The summed E-state index contributed by atoms with van der Waals surface area (Å²) in [5.41, 5.74) is 4.97. The van der Waals surface area contributed by atoms with E-state index in [0.29, 0.717) is 0 Å². The molecule has 2 heterocycles. The number of allylic oxidation sites excluding steroid dienone is 6. The summed E-state index contributed by atoms with van der Waals surface area (Å²) >= 11 is 0. The Kier molecular flexibility index (Phi) is 6.47. The summed E-state index contributed by atoms with van der Waals surface area (Å²) in [7, 11) is -2.84. The maximum Gasteiger partial charge on any atom is 0.213 e. The van der Waals surface area contributed by atoms with Gasteiger partial charge in [0.1, 0.15) is 18.6 Å². The van der Waals surface area contributed by atoms with Gasteiger partial charge in [0.25, 0.3) is 0 Å². The van der Waals surface area contributed by atoms with Gasteiger partial charge in [-0.25, -0.2) is 23.2 Å². The van der Waals surface area contributed by atoms with Gasteiger partial charge in [0.2, 0.25) is 5.69 Å². The van der Waals surface area contributed by atoms with Crippen LogP contribution in [0.1, 0.15) is 47.1 Å². The monoisotopic (exact) mass is 421 g/mol. The molecule has 158 valence electrons. The quantitative estimate of drug-likeness (QED) is 0.579. The highest BCUT2D eigenvalue weighted by Gasteiger charge is 2.32. The lowest BCUT2D eigenvalue weighted by Crippen LogP contribution is -2.68. The van der Waals surface area contributed by atoms with Crippen molar-refractivity contribution in [2.24, 2.45) is 10.8 Å². The highest BCUT2D eigenvalue weighted by Crippen LogP contribution is 2.42. The van der Waals surface area contributed by atoms with Crippen LogP contribution in [0.15, 0.2) is 53.5 Å². The van der Waals surface area contributed by atoms with Crippen molar-refractivity contribution in [1.29, 1.82) is 0 Å². The zero-order valence-corrected chi connectivity index (χ0v) is 18.7. The Hall–Kier alpha value is -1.96. The van der Waals surface area contributed by atoms with E-state index >= 15 is 0 Å². The second-order valence-electron chi connectivity index (χ2n) is 9.12. The van der Waals surface area contributed by atoms with Crippen molar-refractivity contribution in [1.82, 2.24) is 0 Å². The van der Waals surface area contributed by atoms with Gasteiger partial charge in [-0.15, -0.1) is 10.2 Å². The Morgan fingerprint density at radius 2 is 1.28 bits per heavy atom. The van der Waals surface area contributed by atoms with E-state index in [1.807, 2.05) is 0 Å². The molecule has 0 atom stereocenters. The normalized spacial score (nSPS) is 16.9. The molecule has 0 N–H and O–H groups in total. The molecule has 0 saturated carbocycles. The third-order valence-electron chi connectivity index (χ3n) is 4.48. The number of fused-ring (bicyclic) bond motifs is 1. The van der Waals surface area contributed by atoms with Gasteiger partial charge in [0.15, 0.2) is 6.21 Å². The van der Waals surface area contributed by atoms with Crippen LogP contribution in [-0.4, -0.2) is 17.8 Å². The summed E-state index contributed by atoms with van der Waals surface area (Å²) in [5.74, 6) is 2.05. The first-order valence-corrected chi connectivity index (χ1v) is 10.5. The van der Waals surface area contributed by atoms with Crippen molar-refractivity contribution in [3.05, 3.63) is 59.1 Å². The molecule has 7 heteroatoms. The Morgan fingerprint density at radius 1 is 0.828 bits per heavy atom. The third-order valence-corrected chi connectivity index (χ3v) is 4.48. The average Bonchev–Trinajstić information content (AvgIpc) is 2.89. The first-order chi connectivity index (χ1) is 13.1. The van der Waals surface area contributed by atoms with E-state index in [-0.39, 0.29) is 10.8 Å². The molecule has 0 aromatic heterocycles. The van der Waals surface area contributed by atoms with Crippen LogP contribution in [-0.2, 0) is 4.74 Å². The van der Waals surface area contributed by atoms with E-state index in [2.05, 4.69) is 95.8 Å². The van der Waals surface area contributed by atoms with E-state index < -0.39 is 10.2 Å². The molecular formula is C22H28ClNO5. The first-order valence-electron chi connectivity index (χ1n) is 9.23. The van der Waals surface area contributed by atoms with Crippen LogP contribution in [0.4, 0.5) is 5.69 Å². The van der Waals surface area contributed by atoms with Gasteiger partial charge in [-0.2, -0.15) is 0 Å². The van der Waals surface area contributed by atoms with Gasteiger partial charge in [-0.3, -0.25) is 0 Å². The van der Waals surface area contributed by atoms with Gasteiger partial charge < -0.3 is 4.74 Å². The molecule has 1 aromatic rings. The molecule has 0 spiro atoms. The average molecular weight is 422 g/mol. The second kappa shape index (κ2) is 8.05. The predicted molar refractivity (Wildman–Crippen MR) is 101 cm³/mol. The molecule has 6 nitrogen and oxygen atoms in total. The number of para-hydroxylation sites is 1. The topological polar surface area (TPSA) is 104 Å². The van der Waals surface area contributed by atoms with Gasteiger partial charge in [0, 0.05) is 16.9 Å². The molecular weight excluding hydrogens is 394 g/mol. The zero-order chi connectivity index (χ0) is 22.2. The Morgan fingerprint density at radius 3 is 1.72 bits per heavy atom. The summed E-state index contributed by atoms with van der Waals surface area (Å²) in [6.07, 6.45) is 6.63. The summed E-state index contributed by atoms with van der Waals surface area (Å²) < 4.78 is 42.4. The highest BCUT2D eigenvalue weighted by molar-refractivity contribution is 6.14. The predicted octanol–water partition coefficient (Wildman–Crippen LogP) is 0.933. The standard InChI is InChI=1S/C22H28NO.ClHO4/c1-21(2,3)19-12-15(13-20(24-19)22(4,5)6)17-14-23(7)18-11-9-8-10-16(17)18;2-1(3,4)5/h8-14H,1-7H3;(H,2,3,4,5)/q+1;/p-1. The molecule has 0 aliphatic carbocycles. The number of hydrogen-bond acceptors (Lipinski definition) is 5. The minimum Gasteiger partial charge on any atom is -0.465 e. The summed E-state index contributed by atoms with van der Waals surface area (Å²) in [6.45, 7) is 13.2. The minimum absolute atomic E-state index is 0.0272. The van der Waals surface area contributed by atoms with Crippen molar-refractivity contribution in [3.63, 3.8) is 0 Å². The SMILES string of the molecule is C[N+]1=CC(=C2C=C(C(C)(C)C)OC(C(C)(C)C)=C2)c2ccccc21.[O-][Cl+3]([O-])([O-])[O-]. The Labute approximate surface area is 174 Å². The molecule has 0 radical (unpaired) electrons. The van der Waals surface area contributed by atoms with Gasteiger partial charge >= 0.3 is 0 Å². The lowest BCUT2D eigenvalue weighted by Gasteiger charge is -2.32. The fourth-order valence-electron chi connectivity index (χ4n) is 2.97. The molecule has 0 fully saturated rings.